The molecular formula is C13H19ClN2O. The summed E-state index contributed by atoms with van der Waals surface area (Å²) >= 11 is 5.96. The molecule has 0 saturated heterocycles. The Morgan fingerprint density at radius 3 is 2.59 bits per heavy atom. The summed E-state index contributed by atoms with van der Waals surface area (Å²) in [5, 5.41) is 0.498. The molecule has 17 heavy (non-hydrogen) atoms. The minimum atomic E-state index is -0.309. The van der Waals surface area contributed by atoms with Crippen molar-refractivity contribution < 1.29 is 4.74 Å². The highest BCUT2D eigenvalue weighted by Gasteiger charge is 2.36. The standard InChI is InChI=1S/C13H19ClN2O/c1-2-17-13(8-5-3-4-6-9-13)12-15-10-7-11(14)16-12/h7,10H,2-6,8-9H2,1H3. The Balaban J connectivity index is 2.31. The number of rotatable bonds is 3. The van der Waals surface area contributed by atoms with Crippen molar-refractivity contribution in [2.45, 2.75) is 51.0 Å². The van der Waals surface area contributed by atoms with Gasteiger partial charge in [-0.2, -0.15) is 0 Å². The first-order valence-corrected chi connectivity index (χ1v) is 6.77. The van der Waals surface area contributed by atoms with E-state index in [-0.39, 0.29) is 5.60 Å². The van der Waals surface area contributed by atoms with Crippen LogP contribution in [0.4, 0.5) is 0 Å². The first-order valence-electron chi connectivity index (χ1n) is 6.40. The molecule has 1 heterocycles. The highest BCUT2D eigenvalue weighted by Crippen LogP contribution is 2.37. The molecule has 4 heteroatoms. The van der Waals surface area contributed by atoms with Crippen molar-refractivity contribution in [2.75, 3.05) is 6.61 Å². The molecule has 1 aromatic heterocycles. The monoisotopic (exact) mass is 254 g/mol. The van der Waals surface area contributed by atoms with E-state index in [2.05, 4.69) is 9.97 Å². The Morgan fingerprint density at radius 2 is 2.00 bits per heavy atom. The van der Waals surface area contributed by atoms with E-state index >= 15 is 0 Å². The van der Waals surface area contributed by atoms with Gasteiger partial charge in [-0.3, -0.25) is 0 Å². The van der Waals surface area contributed by atoms with Gasteiger partial charge in [0.05, 0.1) is 0 Å². The Hall–Kier alpha value is -0.670. The lowest BCUT2D eigenvalue weighted by molar-refractivity contribution is -0.0624. The summed E-state index contributed by atoms with van der Waals surface area (Å²) in [6.07, 6.45) is 8.62. The van der Waals surface area contributed by atoms with E-state index < -0.39 is 0 Å². The molecular weight excluding hydrogens is 236 g/mol. The predicted molar refractivity (Wildman–Crippen MR) is 68.0 cm³/mol. The van der Waals surface area contributed by atoms with Crippen LogP contribution in [0.15, 0.2) is 12.3 Å². The maximum absolute atomic E-state index is 6.01. The highest BCUT2D eigenvalue weighted by atomic mass is 35.5. The van der Waals surface area contributed by atoms with E-state index in [0.29, 0.717) is 11.8 Å². The zero-order valence-corrected chi connectivity index (χ0v) is 11.0. The number of hydrogen-bond acceptors (Lipinski definition) is 3. The summed E-state index contributed by atoms with van der Waals surface area (Å²) in [7, 11) is 0. The van der Waals surface area contributed by atoms with Crippen molar-refractivity contribution in [2.24, 2.45) is 0 Å². The molecule has 0 radical (unpaired) electrons. The van der Waals surface area contributed by atoms with Crippen LogP contribution in [0.3, 0.4) is 0 Å². The normalized spacial score (nSPS) is 19.9. The van der Waals surface area contributed by atoms with E-state index in [1.165, 1.54) is 25.7 Å². The summed E-state index contributed by atoms with van der Waals surface area (Å²) in [5.74, 6) is 0.758. The smallest absolute Gasteiger partial charge is 0.161 e. The van der Waals surface area contributed by atoms with Crippen LogP contribution >= 0.6 is 11.6 Å². The van der Waals surface area contributed by atoms with Gasteiger partial charge in [0.15, 0.2) is 5.82 Å². The molecule has 2 rings (SSSR count). The third-order valence-electron chi connectivity index (χ3n) is 3.36. The number of hydrogen-bond donors (Lipinski definition) is 0. The summed E-state index contributed by atoms with van der Waals surface area (Å²) in [6.45, 7) is 2.72. The molecule has 0 N–H and O–H groups in total. The van der Waals surface area contributed by atoms with E-state index in [0.717, 1.165) is 18.7 Å². The van der Waals surface area contributed by atoms with Gasteiger partial charge in [-0.25, -0.2) is 9.97 Å². The van der Waals surface area contributed by atoms with Gasteiger partial charge in [0.25, 0.3) is 0 Å². The van der Waals surface area contributed by atoms with Crippen LogP contribution in [0.2, 0.25) is 5.15 Å². The quantitative estimate of drug-likeness (QED) is 0.609. The molecule has 0 spiro atoms. The molecule has 3 nitrogen and oxygen atoms in total. The molecule has 1 aliphatic rings. The Morgan fingerprint density at radius 1 is 1.29 bits per heavy atom. The second-order valence-electron chi connectivity index (χ2n) is 4.54. The summed E-state index contributed by atoms with van der Waals surface area (Å²) in [5.41, 5.74) is -0.309. The van der Waals surface area contributed by atoms with Crippen LogP contribution in [-0.2, 0) is 10.3 Å². The van der Waals surface area contributed by atoms with Gasteiger partial charge in [0.2, 0.25) is 0 Å². The fourth-order valence-corrected chi connectivity index (χ4v) is 2.70. The van der Waals surface area contributed by atoms with Crippen molar-refractivity contribution in [3.8, 4) is 0 Å². The van der Waals surface area contributed by atoms with E-state index in [1.54, 1.807) is 12.3 Å². The van der Waals surface area contributed by atoms with Crippen molar-refractivity contribution in [1.29, 1.82) is 0 Å². The molecule has 94 valence electrons. The number of halogens is 1. The van der Waals surface area contributed by atoms with Gasteiger partial charge in [0.1, 0.15) is 10.8 Å². The van der Waals surface area contributed by atoms with Crippen LogP contribution in [0.5, 0.6) is 0 Å². The molecule has 0 aromatic carbocycles. The lowest BCUT2D eigenvalue weighted by atomic mass is 9.93. The first kappa shape index (κ1) is 12.8. The van der Waals surface area contributed by atoms with Crippen LogP contribution in [0, 0.1) is 0 Å². The zero-order valence-electron chi connectivity index (χ0n) is 10.3. The van der Waals surface area contributed by atoms with Crippen molar-refractivity contribution in [1.82, 2.24) is 9.97 Å². The molecule has 0 amide bonds. The van der Waals surface area contributed by atoms with Crippen molar-refractivity contribution in [3.63, 3.8) is 0 Å². The second-order valence-corrected chi connectivity index (χ2v) is 4.93. The van der Waals surface area contributed by atoms with Crippen LogP contribution in [0.1, 0.15) is 51.3 Å². The molecule has 1 aromatic rings. The van der Waals surface area contributed by atoms with E-state index in [4.69, 9.17) is 16.3 Å². The Kier molecular flexibility index (Phi) is 4.35. The lowest BCUT2D eigenvalue weighted by Gasteiger charge is -2.30. The average Bonchev–Trinajstić information content (AvgIpc) is 2.56. The van der Waals surface area contributed by atoms with Gasteiger partial charge >= 0.3 is 0 Å². The fourth-order valence-electron chi connectivity index (χ4n) is 2.56. The maximum Gasteiger partial charge on any atom is 0.161 e. The molecule has 0 atom stereocenters. The van der Waals surface area contributed by atoms with Gasteiger partial charge < -0.3 is 4.74 Å². The molecule has 0 bridgehead atoms. The topological polar surface area (TPSA) is 35.0 Å². The molecule has 1 fully saturated rings. The lowest BCUT2D eigenvalue weighted by Crippen LogP contribution is -2.31. The fraction of sp³-hybridized carbons (Fsp3) is 0.692. The highest BCUT2D eigenvalue weighted by molar-refractivity contribution is 6.29. The maximum atomic E-state index is 6.01. The SMILES string of the molecule is CCOC1(c2nccc(Cl)n2)CCCCCC1. The zero-order chi connectivity index (χ0) is 12.1. The van der Waals surface area contributed by atoms with E-state index in [1.807, 2.05) is 6.92 Å². The molecule has 1 aliphatic carbocycles. The molecule has 0 aliphatic heterocycles. The van der Waals surface area contributed by atoms with E-state index in [9.17, 15) is 0 Å². The Labute approximate surface area is 108 Å². The number of ether oxygens (including phenoxy) is 1. The summed E-state index contributed by atoms with van der Waals surface area (Å²) in [4.78, 5) is 8.73. The third kappa shape index (κ3) is 2.96. The largest absolute Gasteiger partial charge is 0.367 e. The summed E-state index contributed by atoms with van der Waals surface area (Å²) in [6, 6.07) is 1.71. The van der Waals surface area contributed by atoms with Gasteiger partial charge in [-0.1, -0.05) is 37.3 Å². The average molecular weight is 255 g/mol. The number of nitrogens with zero attached hydrogens (tertiary/aromatic N) is 2. The van der Waals surface area contributed by atoms with Crippen molar-refractivity contribution in [3.05, 3.63) is 23.2 Å². The van der Waals surface area contributed by atoms with Gasteiger partial charge in [-0.15, -0.1) is 0 Å². The molecule has 1 saturated carbocycles. The molecule has 0 unspecified atom stereocenters. The minimum Gasteiger partial charge on any atom is -0.367 e. The second kappa shape index (κ2) is 5.78. The van der Waals surface area contributed by atoms with Crippen molar-refractivity contribution >= 4 is 11.6 Å². The van der Waals surface area contributed by atoms with Crippen LogP contribution in [-0.4, -0.2) is 16.6 Å². The summed E-state index contributed by atoms with van der Waals surface area (Å²) < 4.78 is 6.01. The van der Waals surface area contributed by atoms with Crippen LogP contribution < -0.4 is 0 Å². The third-order valence-corrected chi connectivity index (χ3v) is 3.57. The minimum absolute atomic E-state index is 0.309. The number of aromatic nitrogens is 2. The van der Waals surface area contributed by atoms with Gasteiger partial charge in [0, 0.05) is 12.8 Å². The van der Waals surface area contributed by atoms with Crippen LogP contribution in [0.25, 0.3) is 0 Å². The predicted octanol–water partition coefficient (Wildman–Crippen LogP) is 3.72. The first-order chi connectivity index (χ1) is 8.27. The Bertz CT molecular complexity index is 362. The van der Waals surface area contributed by atoms with Gasteiger partial charge in [-0.05, 0) is 25.8 Å².